The number of aliphatic carboxylic acids is 2. The Balaban J connectivity index is 2.51. The highest BCUT2D eigenvalue weighted by molar-refractivity contribution is 5.73. The third kappa shape index (κ3) is 5.41. The quantitative estimate of drug-likeness (QED) is 0.532. The van der Waals surface area contributed by atoms with E-state index in [2.05, 4.69) is 0 Å². The monoisotopic (exact) mass is 296 g/mol. The molecule has 0 aliphatic carbocycles. The molecule has 116 valence electrons. The summed E-state index contributed by atoms with van der Waals surface area (Å²) in [5, 5.41) is 17.5. The van der Waals surface area contributed by atoms with Crippen LogP contribution < -0.4 is 16.2 Å². The number of carboxylic acid groups (broad SMARTS) is 2. The van der Waals surface area contributed by atoms with Gasteiger partial charge in [0.15, 0.2) is 0 Å². The third-order valence-electron chi connectivity index (χ3n) is 3.11. The fourth-order valence-corrected chi connectivity index (χ4v) is 1.64. The molecule has 0 aromatic heterocycles. The van der Waals surface area contributed by atoms with Crippen LogP contribution in [0.5, 0.6) is 5.75 Å². The Morgan fingerprint density at radius 1 is 1.14 bits per heavy atom. The van der Waals surface area contributed by atoms with Gasteiger partial charge in [0, 0.05) is 5.92 Å². The lowest BCUT2D eigenvalue weighted by Crippen LogP contribution is -2.39. The first kappa shape index (κ1) is 16.9. The van der Waals surface area contributed by atoms with Crippen molar-refractivity contribution in [2.75, 3.05) is 6.61 Å². The molecular formula is C14H20N2O5. The minimum atomic E-state index is -1.07. The molecule has 0 fully saturated rings. The SMILES string of the molecule is CC(COc1ccc(CC(N)C(=O)O)cc1)C(N)C(=O)O. The molecule has 0 heterocycles. The van der Waals surface area contributed by atoms with Gasteiger partial charge >= 0.3 is 11.9 Å². The number of benzene rings is 1. The van der Waals surface area contributed by atoms with E-state index < -0.39 is 24.0 Å². The average Bonchev–Trinajstić information content (AvgIpc) is 2.45. The van der Waals surface area contributed by atoms with E-state index in [4.69, 9.17) is 26.4 Å². The van der Waals surface area contributed by atoms with Gasteiger partial charge in [-0.1, -0.05) is 19.1 Å². The van der Waals surface area contributed by atoms with E-state index in [0.717, 1.165) is 5.56 Å². The van der Waals surface area contributed by atoms with Gasteiger partial charge in [-0.15, -0.1) is 0 Å². The minimum Gasteiger partial charge on any atom is -0.493 e. The van der Waals surface area contributed by atoms with E-state index in [1.54, 1.807) is 31.2 Å². The Labute approximate surface area is 122 Å². The predicted molar refractivity (Wildman–Crippen MR) is 76.0 cm³/mol. The fourth-order valence-electron chi connectivity index (χ4n) is 1.64. The minimum absolute atomic E-state index is 0.182. The average molecular weight is 296 g/mol. The molecule has 7 nitrogen and oxygen atoms in total. The van der Waals surface area contributed by atoms with Crippen LogP contribution in [0.25, 0.3) is 0 Å². The van der Waals surface area contributed by atoms with Crippen molar-refractivity contribution in [1.82, 2.24) is 0 Å². The molecule has 3 atom stereocenters. The molecule has 0 aliphatic rings. The van der Waals surface area contributed by atoms with Crippen LogP contribution in [-0.4, -0.2) is 40.8 Å². The van der Waals surface area contributed by atoms with Crippen LogP contribution in [0.4, 0.5) is 0 Å². The zero-order valence-electron chi connectivity index (χ0n) is 11.7. The molecule has 0 aliphatic heterocycles. The maximum Gasteiger partial charge on any atom is 0.320 e. The number of carboxylic acids is 2. The number of nitrogens with two attached hydrogens (primary N) is 2. The summed E-state index contributed by atoms with van der Waals surface area (Å²) in [6, 6.07) is 4.90. The van der Waals surface area contributed by atoms with Gasteiger partial charge in [-0.05, 0) is 24.1 Å². The van der Waals surface area contributed by atoms with Gasteiger partial charge in [-0.25, -0.2) is 0 Å². The zero-order chi connectivity index (χ0) is 16.0. The fraction of sp³-hybridized carbons (Fsp3) is 0.429. The van der Waals surface area contributed by atoms with Crippen LogP contribution in [-0.2, 0) is 16.0 Å². The Kier molecular flexibility index (Phi) is 6.13. The first-order valence-corrected chi connectivity index (χ1v) is 6.49. The van der Waals surface area contributed by atoms with Gasteiger partial charge in [-0.3, -0.25) is 9.59 Å². The van der Waals surface area contributed by atoms with Crippen molar-refractivity contribution in [3.63, 3.8) is 0 Å². The van der Waals surface area contributed by atoms with Crippen LogP contribution in [0.3, 0.4) is 0 Å². The molecule has 6 N–H and O–H groups in total. The summed E-state index contributed by atoms with van der Waals surface area (Å²) in [5.41, 5.74) is 11.7. The molecule has 1 aromatic carbocycles. The number of carbonyl (C=O) groups is 2. The first-order chi connectivity index (χ1) is 9.81. The van der Waals surface area contributed by atoms with E-state index in [9.17, 15) is 9.59 Å². The summed E-state index contributed by atoms with van der Waals surface area (Å²) < 4.78 is 5.46. The lowest BCUT2D eigenvalue weighted by molar-refractivity contribution is -0.140. The molecule has 0 saturated carbocycles. The molecular weight excluding hydrogens is 276 g/mol. The summed E-state index contributed by atoms with van der Waals surface area (Å²) in [6.45, 7) is 1.88. The second-order valence-corrected chi connectivity index (χ2v) is 4.95. The van der Waals surface area contributed by atoms with E-state index in [-0.39, 0.29) is 18.9 Å². The zero-order valence-corrected chi connectivity index (χ0v) is 11.7. The molecule has 7 heteroatoms. The third-order valence-corrected chi connectivity index (χ3v) is 3.11. The summed E-state index contributed by atoms with van der Waals surface area (Å²) >= 11 is 0. The summed E-state index contributed by atoms with van der Waals surface area (Å²) in [7, 11) is 0. The van der Waals surface area contributed by atoms with Crippen molar-refractivity contribution in [3.05, 3.63) is 29.8 Å². The maximum absolute atomic E-state index is 10.7. The van der Waals surface area contributed by atoms with Crippen LogP contribution in [0, 0.1) is 5.92 Å². The highest BCUT2D eigenvalue weighted by Crippen LogP contribution is 2.15. The lowest BCUT2D eigenvalue weighted by Gasteiger charge is -2.16. The smallest absolute Gasteiger partial charge is 0.320 e. The van der Waals surface area contributed by atoms with Crippen molar-refractivity contribution >= 4 is 11.9 Å². The first-order valence-electron chi connectivity index (χ1n) is 6.49. The lowest BCUT2D eigenvalue weighted by atomic mass is 10.0. The number of hydrogen-bond acceptors (Lipinski definition) is 5. The summed E-state index contributed by atoms with van der Waals surface area (Å²) in [4.78, 5) is 21.4. The van der Waals surface area contributed by atoms with Crippen LogP contribution in [0.1, 0.15) is 12.5 Å². The molecule has 0 saturated heterocycles. The predicted octanol–water partition coefficient (Wildman–Crippen LogP) is 0.0678. The molecule has 3 unspecified atom stereocenters. The molecule has 0 spiro atoms. The second kappa shape index (κ2) is 7.61. The van der Waals surface area contributed by atoms with Gasteiger partial charge in [-0.2, -0.15) is 0 Å². The standard InChI is InChI=1S/C14H20N2O5/c1-8(12(16)14(19)20)7-21-10-4-2-9(3-5-10)6-11(15)13(17)18/h2-5,8,11-12H,6-7,15-16H2,1H3,(H,17,18)(H,19,20). The Bertz CT molecular complexity index is 489. The summed E-state index contributed by atoms with van der Waals surface area (Å²) in [5.74, 6) is -1.88. The van der Waals surface area contributed by atoms with Gasteiger partial charge < -0.3 is 26.4 Å². The van der Waals surface area contributed by atoms with Crippen LogP contribution in [0.2, 0.25) is 0 Å². The highest BCUT2D eigenvalue weighted by Gasteiger charge is 2.20. The number of hydrogen-bond donors (Lipinski definition) is 4. The van der Waals surface area contributed by atoms with Crippen LogP contribution in [0.15, 0.2) is 24.3 Å². The van der Waals surface area contributed by atoms with E-state index in [0.29, 0.717) is 5.75 Å². The number of ether oxygens (including phenoxy) is 1. The van der Waals surface area contributed by atoms with Crippen molar-refractivity contribution in [3.8, 4) is 5.75 Å². The largest absolute Gasteiger partial charge is 0.493 e. The Morgan fingerprint density at radius 3 is 2.19 bits per heavy atom. The summed E-state index contributed by atoms with van der Waals surface area (Å²) in [6.07, 6.45) is 0.232. The van der Waals surface area contributed by atoms with E-state index in [1.165, 1.54) is 0 Å². The molecule has 0 radical (unpaired) electrons. The second-order valence-electron chi connectivity index (χ2n) is 4.95. The van der Waals surface area contributed by atoms with E-state index >= 15 is 0 Å². The highest BCUT2D eigenvalue weighted by atomic mass is 16.5. The normalized spacial score (nSPS) is 15.0. The molecule has 21 heavy (non-hydrogen) atoms. The van der Waals surface area contributed by atoms with Gasteiger partial charge in [0.25, 0.3) is 0 Å². The maximum atomic E-state index is 10.7. The van der Waals surface area contributed by atoms with Gasteiger partial charge in [0.05, 0.1) is 6.61 Å². The van der Waals surface area contributed by atoms with Crippen molar-refractivity contribution in [2.24, 2.45) is 17.4 Å². The number of rotatable bonds is 8. The topological polar surface area (TPSA) is 136 Å². The van der Waals surface area contributed by atoms with E-state index in [1.807, 2.05) is 0 Å². The molecule has 1 aromatic rings. The van der Waals surface area contributed by atoms with Crippen molar-refractivity contribution < 1.29 is 24.5 Å². The Hall–Kier alpha value is -2.12. The van der Waals surface area contributed by atoms with Crippen molar-refractivity contribution in [1.29, 1.82) is 0 Å². The van der Waals surface area contributed by atoms with Crippen LogP contribution >= 0.6 is 0 Å². The van der Waals surface area contributed by atoms with Gasteiger partial charge in [0.2, 0.25) is 0 Å². The molecule has 1 rings (SSSR count). The Morgan fingerprint density at radius 2 is 1.71 bits per heavy atom. The molecule has 0 amide bonds. The van der Waals surface area contributed by atoms with Gasteiger partial charge in [0.1, 0.15) is 17.8 Å². The van der Waals surface area contributed by atoms with Crippen molar-refractivity contribution in [2.45, 2.75) is 25.4 Å². The molecule has 0 bridgehead atoms.